The van der Waals surface area contributed by atoms with E-state index in [1.165, 1.54) is 12.0 Å². The van der Waals surface area contributed by atoms with Crippen LogP contribution >= 0.6 is 0 Å². The van der Waals surface area contributed by atoms with Crippen LogP contribution in [-0.2, 0) is 0 Å². The fraction of sp³-hybridized carbons (Fsp3) is 0.867. The summed E-state index contributed by atoms with van der Waals surface area (Å²) < 4.78 is 0. The van der Waals surface area contributed by atoms with Crippen LogP contribution in [0, 0.1) is 28.6 Å². The third-order valence-corrected chi connectivity index (χ3v) is 6.26. The Balaban J connectivity index is 2.04. The monoisotopic (exact) mass is 236 g/mol. The van der Waals surface area contributed by atoms with Crippen molar-refractivity contribution in [1.82, 2.24) is 0 Å². The second-order valence-electron chi connectivity index (χ2n) is 6.83. The van der Waals surface area contributed by atoms with Crippen molar-refractivity contribution in [1.29, 1.82) is 0 Å². The zero-order valence-corrected chi connectivity index (χ0v) is 10.9. The van der Waals surface area contributed by atoms with Crippen molar-refractivity contribution in [2.75, 3.05) is 13.2 Å². The molecule has 2 nitrogen and oxygen atoms in total. The van der Waals surface area contributed by atoms with E-state index in [-0.39, 0.29) is 18.6 Å². The lowest BCUT2D eigenvalue weighted by atomic mass is 9.38. The average molecular weight is 236 g/mol. The summed E-state index contributed by atoms with van der Waals surface area (Å²) in [7, 11) is 0. The molecule has 0 aromatic heterocycles. The Labute approximate surface area is 104 Å². The summed E-state index contributed by atoms with van der Waals surface area (Å²) in [5.41, 5.74) is 1.75. The third kappa shape index (κ3) is 1.23. The predicted molar refractivity (Wildman–Crippen MR) is 67.4 cm³/mol. The second kappa shape index (κ2) is 3.58. The SMILES string of the molecule is CC1=CCC2C3C1C2(C)CCCC3(CO)CO. The van der Waals surface area contributed by atoms with E-state index in [9.17, 15) is 10.2 Å². The number of hydrogen-bond acceptors (Lipinski definition) is 2. The highest BCUT2D eigenvalue weighted by Crippen LogP contribution is 2.72. The molecule has 0 amide bonds. The molecule has 17 heavy (non-hydrogen) atoms. The van der Waals surface area contributed by atoms with Gasteiger partial charge in [-0.1, -0.05) is 25.0 Å². The van der Waals surface area contributed by atoms with Crippen molar-refractivity contribution in [3.8, 4) is 0 Å². The Kier molecular flexibility index (Phi) is 2.47. The van der Waals surface area contributed by atoms with E-state index in [2.05, 4.69) is 19.9 Å². The first-order chi connectivity index (χ1) is 8.09. The topological polar surface area (TPSA) is 40.5 Å². The van der Waals surface area contributed by atoms with Crippen molar-refractivity contribution in [2.45, 2.75) is 39.5 Å². The van der Waals surface area contributed by atoms with Crippen molar-refractivity contribution >= 4 is 0 Å². The summed E-state index contributed by atoms with van der Waals surface area (Å²) in [4.78, 5) is 0. The first-order valence-corrected chi connectivity index (χ1v) is 6.97. The minimum Gasteiger partial charge on any atom is -0.396 e. The molecule has 0 radical (unpaired) electrons. The summed E-state index contributed by atoms with van der Waals surface area (Å²) in [5, 5.41) is 19.6. The molecule has 0 aliphatic heterocycles. The summed E-state index contributed by atoms with van der Waals surface area (Å²) in [5.74, 6) is 1.83. The summed E-state index contributed by atoms with van der Waals surface area (Å²) in [6.07, 6.45) is 6.98. The maximum absolute atomic E-state index is 9.81. The van der Waals surface area contributed by atoms with Gasteiger partial charge in [0.1, 0.15) is 0 Å². The molecular weight excluding hydrogens is 212 g/mol. The molecule has 2 saturated carbocycles. The molecule has 2 heteroatoms. The standard InChI is InChI=1S/C15H24O2/c1-10-4-5-11-13-12(10)14(11,2)6-3-7-15(13,8-16)9-17/h4,11-13,16-17H,3,5-9H2,1-2H3. The molecule has 0 aromatic carbocycles. The lowest BCUT2D eigenvalue weighted by molar-refractivity contribution is -0.170. The van der Waals surface area contributed by atoms with E-state index >= 15 is 0 Å². The van der Waals surface area contributed by atoms with E-state index in [0.29, 0.717) is 23.2 Å². The van der Waals surface area contributed by atoms with Gasteiger partial charge in [-0.15, -0.1) is 0 Å². The zero-order chi connectivity index (χ0) is 12.3. The first kappa shape index (κ1) is 11.7. The van der Waals surface area contributed by atoms with Gasteiger partial charge in [0.2, 0.25) is 0 Å². The van der Waals surface area contributed by atoms with Crippen LogP contribution in [0.2, 0.25) is 0 Å². The van der Waals surface area contributed by atoms with E-state index in [4.69, 9.17) is 0 Å². The van der Waals surface area contributed by atoms with Gasteiger partial charge >= 0.3 is 0 Å². The quantitative estimate of drug-likeness (QED) is 0.723. The van der Waals surface area contributed by atoms with Gasteiger partial charge in [-0.3, -0.25) is 0 Å². The Hall–Kier alpha value is -0.340. The molecule has 4 rings (SSSR count). The number of rotatable bonds is 2. The Bertz CT molecular complexity index is 356. The van der Waals surface area contributed by atoms with Crippen LogP contribution < -0.4 is 0 Å². The van der Waals surface area contributed by atoms with Crippen molar-refractivity contribution in [3.05, 3.63) is 11.6 Å². The van der Waals surface area contributed by atoms with Gasteiger partial charge in [-0.25, -0.2) is 0 Å². The van der Waals surface area contributed by atoms with Crippen molar-refractivity contribution in [2.24, 2.45) is 28.6 Å². The highest BCUT2D eigenvalue weighted by Gasteiger charge is 2.67. The number of allylic oxidation sites excluding steroid dienone is 2. The molecule has 96 valence electrons. The molecule has 0 saturated heterocycles. The van der Waals surface area contributed by atoms with E-state index < -0.39 is 0 Å². The Morgan fingerprint density at radius 1 is 1.29 bits per heavy atom. The van der Waals surface area contributed by atoms with Gasteiger partial charge in [0.25, 0.3) is 0 Å². The zero-order valence-electron chi connectivity index (χ0n) is 10.9. The Morgan fingerprint density at radius 2 is 2.00 bits per heavy atom. The van der Waals surface area contributed by atoms with Crippen molar-refractivity contribution in [3.63, 3.8) is 0 Å². The molecule has 4 aliphatic carbocycles. The van der Waals surface area contributed by atoms with Gasteiger partial charge in [-0.05, 0) is 49.4 Å². The molecule has 4 unspecified atom stereocenters. The first-order valence-electron chi connectivity index (χ1n) is 6.97. The molecule has 2 N–H and O–H groups in total. The van der Waals surface area contributed by atoms with Crippen molar-refractivity contribution < 1.29 is 10.2 Å². The summed E-state index contributed by atoms with van der Waals surface area (Å²) in [6.45, 7) is 4.99. The molecule has 0 aromatic rings. The van der Waals surface area contributed by atoms with Gasteiger partial charge < -0.3 is 10.2 Å². The van der Waals surface area contributed by atoms with Gasteiger partial charge in [0.15, 0.2) is 0 Å². The molecular formula is C15H24O2. The molecule has 0 spiro atoms. The maximum Gasteiger partial charge on any atom is 0.0512 e. The Morgan fingerprint density at radius 3 is 2.59 bits per heavy atom. The van der Waals surface area contributed by atoms with Crippen LogP contribution in [-0.4, -0.2) is 23.4 Å². The van der Waals surface area contributed by atoms with Crippen LogP contribution in [0.5, 0.6) is 0 Å². The lowest BCUT2D eigenvalue weighted by Crippen LogP contribution is -2.62. The highest BCUT2D eigenvalue weighted by atomic mass is 16.3. The van der Waals surface area contributed by atoms with Crippen LogP contribution in [0.4, 0.5) is 0 Å². The minimum absolute atomic E-state index is 0.157. The average Bonchev–Trinajstić information content (AvgIpc) is 2.54. The predicted octanol–water partition coefficient (Wildman–Crippen LogP) is 2.36. The lowest BCUT2D eigenvalue weighted by Gasteiger charge is -2.66. The molecule has 4 aliphatic rings. The normalized spacial score (nSPS) is 46.8. The third-order valence-electron chi connectivity index (χ3n) is 6.26. The molecule has 4 atom stereocenters. The minimum atomic E-state index is -0.207. The number of hydrogen-bond donors (Lipinski definition) is 2. The molecule has 0 heterocycles. The highest BCUT2D eigenvalue weighted by molar-refractivity contribution is 5.28. The summed E-state index contributed by atoms with van der Waals surface area (Å²) >= 11 is 0. The molecule has 4 bridgehead atoms. The largest absolute Gasteiger partial charge is 0.396 e. The van der Waals surface area contributed by atoms with E-state index in [1.807, 2.05) is 0 Å². The van der Waals surface area contributed by atoms with E-state index in [1.54, 1.807) is 0 Å². The maximum atomic E-state index is 9.81. The smallest absolute Gasteiger partial charge is 0.0512 e. The summed E-state index contributed by atoms with van der Waals surface area (Å²) in [6, 6.07) is 0. The van der Waals surface area contributed by atoms with Gasteiger partial charge in [0, 0.05) is 5.41 Å². The number of aliphatic hydroxyl groups excluding tert-OH is 2. The fourth-order valence-corrected chi connectivity index (χ4v) is 5.35. The van der Waals surface area contributed by atoms with E-state index in [0.717, 1.165) is 19.3 Å². The molecule has 2 fully saturated rings. The fourth-order valence-electron chi connectivity index (χ4n) is 5.35. The number of aliphatic hydroxyl groups is 2. The van der Waals surface area contributed by atoms with Crippen LogP contribution in [0.25, 0.3) is 0 Å². The van der Waals surface area contributed by atoms with Gasteiger partial charge in [-0.2, -0.15) is 0 Å². The van der Waals surface area contributed by atoms with Crippen LogP contribution in [0.3, 0.4) is 0 Å². The van der Waals surface area contributed by atoms with Gasteiger partial charge in [0.05, 0.1) is 13.2 Å². The van der Waals surface area contributed by atoms with Crippen LogP contribution in [0.15, 0.2) is 11.6 Å². The van der Waals surface area contributed by atoms with Crippen LogP contribution in [0.1, 0.15) is 39.5 Å². The number of fused-ring (bicyclic) bond motifs is 1. The second-order valence-corrected chi connectivity index (χ2v) is 6.83.